The number of anilines is 1. The Morgan fingerprint density at radius 2 is 1.69 bits per heavy atom. The predicted octanol–water partition coefficient (Wildman–Crippen LogP) is 4.67. The van der Waals surface area contributed by atoms with E-state index in [0.29, 0.717) is 54.4 Å². The number of benzene rings is 2. The Morgan fingerprint density at radius 1 is 0.931 bits per heavy atom. The first kappa shape index (κ1) is 19.2. The molecule has 0 aliphatic carbocycles. The first-order valence-electron chi connectivity index (χ1n) is 9.16. The lowest BCUT2D eigenvalue weighted by Gasteiger charge is -2.18. The van der Waals surface area contributed by atoms with E-state index in [9.17, 15) is 18.0 Å². The lowest BCUT2D eigenvalue weighted by Crippen LogP contribution is -2.16. The van der Waals surface area contributed by atoms with Crippen LogP contribution in [0.4, 0.5) is 18.9 Å². The Kier molecular flexibility index (Phi) is 5.08. The number of alkyl halides is 3. The number of amides is 1. The van der Waals surface area contributed by atoms with Crippen molar-refractivity contribution in [3.05, 3.63) is 53.6 Å². The minimum absolute atomic E-state index is 0.135. The van der Waals surface area contributed by atoms with Gasteiger partial charge < -0.3 is 19.5 Å². The maximum absolute atomic E-state index is 13.0. The Labute approximate surface area is 165 Å². The second-order valence-electron chi connectivity index (χ2n) is 6.68. The molecule has 0 spiro atoms. The number of carbonyl (C=O) groups is 1. The predicted molar refractivity (Wildman–Crippen MR) is 100 cm³/mol. The van der Waals surface area contributed by atoms with E-state index in [1.54, 1.807) is 18.2 Å². The molecule has 2 heterocycles. The highest BCUT2D eigenvalue weighted by Crippen LogP contribution is 2.38. The third-order valence-electron chi connectivity index (χ3n) is 4.62. The maximum Gasteiger partial charge on any atom is 0.416 e. The molecule has 1 amide bonds. The molecule has 0 bridgehead atoms. The Morgan fingerprint density at radius 3 is 2.48 bits per heavy atom. The van der Waals surface area contributed by atoms with Crippen molar-refractivity contribution in [2.24, 2.45) is 0 Å². The highest BCUT2D eigenvalue weighted by atomic mass is 19.4. The Hall–Kier alpha value is -3.16. The molecule has 29 heavy (non-hydrogen) atoms. The fourth-order valence-electron chi connectivity index (χ4n) is 3.27. The van der Waals surface area contributed by atoms with E-state index in [1.165, 1.54) is 12.1 Å². The van der Waals surface area contributed by atoms with E-state index in [0.717, 1.165) is 12.1 Å². The summed E-state index contributed by atoms with van der Waals surface area (Å²) in [5, 5.41) is 2.75. The van der Waals surface area contributed by atoms with Crippen molar-refractivity contribution in [2.75, 3.05) is 25.1 Å². The van der Waals surface area contributed by atoms with Crippen LogP contribution in [0.5, 0.6) is 17.2 Å². The molecule has 0 aromatic heterocycles. The van der Waals surface area contributed by atoms with E-state index in [2.05, 4.69) is 5.32 Å². The molecule has 5 nitrogen and oxygen atoms in total. The molecule has 0 saturated heterocycles. The minimum Gasteiger partial charge on any atom is -0.493 e. The number of ether oxygens (including phenoxy) is 3. The van der Waals surface area contributed by atoms with E-state index in [4.69, 9.17) is 14.2 Å². The van der Waals surface area contributed by atoms with Crippen LogP contribution in [0, 0.1) is 0 Å². The second-order valence-corrected chi connectivity index (χ2v) is 6.68. The third-order valence-corrected chi connectivity index (χ3v) is 4.62. The van der Waals surface area contributed by atoms with Crippen LogP contribution in [0.15, 0.2) is 42.5 Å². The van der Waals surface area contributed by atoms with Gasteiger partial charge in [0.15, 0.2) is 11.5 Å². The summed E-state index contributed by atoms with van der Waals surface area (Å²) in [7, 11) is 0. The van der Waals surface area contributed by atoms with Gasteiger partial charge in [-0.2, -0.15) is 13.2 Å². The summed E-state index contributed by atoms with van der Waals surface area (Å²) in [6.07, 6.45) is -1.94. The number of carbonyl (C=O) groups excluding carboxylic acids is 1. The first-order chi connectivity index (χ1) is 13.9. The van der Waals surface area contributed by atoms with Gasteiger partial charge in [-0.25, -0.2) is 0 Å². The molecule has 0 saturated carbocycles. The van der Waals surface area contributed by atoms with Crippen LogP contribution >= 0.6 is 0 Å². The number of hydrogen-bond donors (Lipinski definition) is 1. The van der Waals surface area contributed by atoms with Gasteiger partial charge in [0.25, 0.3) is 0 Å². The van der Waals surface area contributed by atoms with E-state index < -0.39 is 11.7 Å². The minimum atomic E-state index is -4.45. The van der Waals surface area contributed by atoms with Crippen LogP contribution in [-0.4, -0.2) is 25.7 Å². The molecule has 2 aromatic carbocycles. The molecule has 1 N–H and O–H groups in total. The molecular weight excluding hydrogens is 387 g/mol. The Balaban J connectivity index is 1.57. The summed E-state index contributed by atoms with van der Waals surface area (Å²) in [5.41, 5.74) is 0.876. The van der Waals surface area contributed by atoms with E-state index in [1.807, 2.05) is 0 Å². The molecule has 152 valence electrons. The monoisotopic (exact) mass is 405 g/mol. The summed E-state index contributed by atoms with van der Waals surface area (Å²) >= 11 is 0. The van der Waals surface area contributed by atoms with Crippen molar-refractivity contribution in [3.8, 4) is 17.2 Å². The SMILES string of the molecule is O=C(/C=C1\CCCOc2cc(C(F)(F)F)ccc21)Nc1ccc2c(c1)OCCO2. The molecular formula is C21H18F3NO4. The smallest absolute Gasteiger partial charge is 0.416 e. The number of fused-ring (bicyclic) bond motifs is 2. The van der Waals surface area contributed by atoms with Crippen LogP contribution in [0.25, 0.3) is 5.57 Å². The summed E-state index contributed by atoms with van der Waals surface area (Å²) in [6, 6.07) is 8.42. The van der Waals surface area contributed by atoms with Crippen LogP contribution in [-0.2, 0) is 11.0 Å². The van der Waals surface area contributed by atoms with Gasteiger partial charge in [0.1, 0.15) is 19.0 Å². The molecule has 0 radical (unpaired) electrons. The molecule has 0 unspecified atom stereocenters. The molecule has 8 heteroatoms. The average Bonchev–Trinajstić information content (AvgIpc) is 2.89. The van der Waals surface area contributed by atoms with Crippen molar-refractivity contribution >= 4 is 17.2 Å². The zero-order chi connectivity index (χ0) is 20.4. The zero-order valence-electron chi connectivity index (χ0n) is 15.3. The molecule has 2 aliphatic rings. The van der Waals surface area contributed by atoms with Crippen molar-refractivity contribution < 1.29 is 32.2 Å². The Bertz CT molecular complexity index is 969. The van der Waals surface area contributed by atoms with Gasteiger partial charge in [-0.15, -0.1) is 0 Å². The largest absolute Gasteiger partial charge is 0.493 e. The highest BCUT2D eigenvalue weighted by molar-refractivity contribution is 6.04. The number of halogens is 3. The molecule has 2 aromatic rings. The van der Waals surface area contributed by atoms with Crippen molar-refractivity contribution in [1.29, 1.82) is 0 Å². The van der Waals surface area contributed by atoms with Gasteiger partial charge in [0.2, 0.25) is 5.91 Å². The van der Waals surface area contributed by atoms with Gasteiger partial charge in [0.05, 0.1) is 12.2 Å². The first-order valence-corrected chi connectivity index (χ1v) is 9.16. The van der Waals surface area contributed by atoms with Crippen LogP contribution < -0.4 is 19.5 Å². The third kappa shape index (κ3) is 4.31. The van der Waals surface area contributed by atoms with Gasteiger partial charge in [-0.1, -0.05) is 6.07 Å². The van der Waals surface area contributed by atoms with Gasteiger partial charge >= 0.3 is 6.18 Å². The lowest BCUT2D eigenvalue weighted by atomic mass is 9.99. The zero-order valence-corrected chi connectivity index (χ0v) is 15.3. The topological polar surface area (TPSA) is 56.8 Å². The number of nitrogens with one attached hydrogen (secondary N) is 1. The van der Waals surface area contributed by atoms with Crippen molar-refractivity contribution in [2.45, 2.75) is 19.0 Å². The summed E-state index contributed by atoms with van der Waals surface area (Å²) < 4.78 is 55.3. The van der Waals surface area contributed by atoms with Gasteiger partial charge in [-0.05, 0) is 42.7 Å². The number of hydrogen-bond acceptors (Lipinski definition) is 4. The lowest BCUT2D eigenvalue weighted by molar-refractivity contribution is -0.137. The van der Waals surface area contributed by atoms with Crippen molar-refractivity contribution in [1.82, 2.24) is 0 Å². The average molecular weight is 405 g/mol. The fourth-order valence-corrected chi connectivity index (χ4v) is 3.27. The van der Waals surface area contributed by atoms with Crippen molar-refractivity contribution in [3.63, 3.8) is 0 Å². The number of rotatable bonds is 2. The summed E-state index contributed by atoms with van der Waals surface area (Å²) in [5.74, 6) is 0.914. The summed E-state index contributed by atoms with van der Waals surface area (Å²) in [4.78, 5) is 12.5. The van der Waals surface area contributed by atoms with Gasteiger partial charge in [-0.3, -0.25) is 4.79 Å². The summed E-state index contributed by atoms with van der Waals surface area (Å²) in [6.45, 7) is 1.20. The molecule has 2 aliphatic heterocycles. The maximum atomic E-state index is 13.0. The van der Waals surface area contributed by atoms with Crippen LogP contribution in [0.3, 0.4) is 0 Å². The normalized spacial score (nSPS) is 17.1. The standard InChI is InChI=1S/C21H18F3NO4/c22-21(23,24)14-3-5-16-13(2-1-7-27-18(16)11-14)10-20(26)25-15-4-6-17-19(12-15)29-9-8-28-17/h3-6,10-12H,1-2,7-9H2,(H,25,26)/b13-10+. The quantitative estimate of drug-likeness (QED) is 0.738. The highest BCUT2D eigenvalue weighted by Gasteiger charge is 2.32. The molecule has 0 fully saturated rings. The molecule has 0 atom stereocenters. The van der Waals surface area contributed by atoms with Crippen LogP contribution in [0.1, 0.15) is 24.0 Å². The fraction of sp³-hybridized carbons (Fsp3) is 0.286. The molecule has 4 rings (SSSR count). The van der Waals surface area contributed by atoms with E-state index in [-0.39, 0.29) is 18.3 Å². The van der Waals surface area contributed by atoms with Crippen LogP contribution in [0.2, 0.25) is 0 Å². The second kappa shape index (κ2) is 7.69. The number of allylic oxidation sites excluding steroid dienone is 1. The van der Waals surface area contributed by atoms with Gasteiger partial charge in [0, 0.05) is 23.4 Å². The van der Waals surface area contributed by atoms with E-state index >= 15 is 0 Å².